The van der Waals surface area contributed by atoms with Gasteiger partial charge in [0.05, 0.1) is 5.52 Å². The zero-order valence-electron chi connectivity index (χ0n) is 11.4. The predicted molar refractivity (Wildman–Crippen MR) is 90.9 cm³/mol. The Balaban J connectivity index is 1.67. The van der Waals surface area contributed by atoms with E-state index < -0.39 is 0 Å². The minimum atomic E-state index is 0.831. The minimum absolute atomic E-state index is 0.831. The third kappa shape index (κ3) is 2.26. The van der Waals surface area contributed by atoms with Gasteiger partial charge in [0.2, 0.25) is 0 Å². The Morgan fingerprint density at radius 3 is 2.81 bits per heavy atom. The zero-order chi connectivity index (χ0) is 14.1. The summed E-state index contributed by atoms with van der Waals surface area (Å²) in [6, 6.07) is 18.8. The van der Waals surface area contributed by atoms with Crippen molar-refractivity contribution in [1.82, 2.24) is 4.98 Å². The van der Waals surface area contributed by atoms with E-state index in [9.17, 15) is 0 Å². The molecule has 2 heterocycles. The monoisotopic (exact) mass is 290 g/mol. The predicted octanol–water partition coefficient (Wildman–Crippen LogP) is 5.06. The summed E-state index contributed by atoms with van der Waals surface area (Å²) < 4.78 is 1.34. The van der Waals surface area contributed by atoms with Gasteiger partial charge >= 0.3 is 0 Å². The number of rotatable bonds is 3. The fourth-order valence-corrected chi connectivity index (χ4v) is 3.58. The van der Waals surface area contributed by atoms with Crippen molar-refractivity contribution in [2.45, 2.75) is 6.54 Å². The van der Waals surface area contributed by atoms with Crippen molar-refractivity contribution < 1.29 is 0 Å². The molecule has 2 nitrogen and oxygen atoms in total. The molecule has 0 spiro atoms. The van der Waals surface area contributed by atoms with Crippen molar-refractivity contribution in [2.24, 2.45) is 0 Å². The molecule has 0 unspecified atom stereocenters. The molecular weight excluding hydrogens is 276 g/mol. The Morgan fingerprint density at radius 1 is 0.905 bits per heavy atom. The molecule has 0 aliphatic heterocycles. The first-order valence-electron chi connectivity index (χ1n) is 6.94. The fraction of sp³-hybridized carbons (Fsp3) is 0.0556. The van der Waals surface area contributed by atoms with Gasteiger partial charge in [-0.3, -0.25) is 4.98 Å². The Labute approximate surface area is 127 Å². The van der Waals surface area contributed by atoms with Gasteiger partial charge in [0.15, 0.2) is 0 Å². The maximum absolute atomic E-state index is 4.40. The van der Waals surface area contributed by atoms with Crippen molar-refractivity contribution in [3.05, 3.63) is 71.7 Å². The number of thiophene rings is 1. The first kappa shape index (κ1) is 12.4. The molecule has 2 aromatic carbocycles. The highest BCUT2D eigenvalue weighted by atomic mass is 32.1. The Bertz CT molecular complexity index is 906. The van der Waals surface area contributed by atoms with Crippen molar-refractivity contribution >= 4 is 38.0 Å². The second kappa shape index (κ2) is 5.19. The van der Waals surface area contributed by atoms with Crippen molar-refractivity contribution in [1.29, 1.82) is 0 Å². The molecule has 4 rings (SSSR count). The van der Waals surface area contributed by atoms with Crippen LogP contribution in [0, 0.1) is 0 Å². The molecule has 1 N–H and O–H groups in total. The summed E-state index contributed by atoms with van der Waals surface area (Å²) in [6.07, 6.45) is 1.83. The van der Waals surface area contributed by atoms with Gasteiger partial charge in [-0.2, -0.15) is 0 Å². The van der Waals surface area contributed by atoms with Gasteiger partial charge in [0.1, 0.15) is 0 Å². The second-order valence-corrected chi connectivity index (χ2v) is 5.90. The number of aromatic nitrogens is 1. The molecule has 0 fully saturated rings. The molecule has 0 amide bonds. The Kier molecular flexibility index (Phi) is 3.05. The lowest BCUT2D eigenvalue weighted by Crippen LogP contribution is -1.99. The van der Waals surface area contributed by atoms with Gasteiger partial charge in [-0.15, -0.1) is 11.3 Å². The Hall–Kier alpha value is -2.39. The smallest absolute Gasteiger partial charge is 0.0722 e. The first-order valence-corrected chi connectivity index (χ1v) is 7.82. The highest BCUT2D eigenvalue weighted by Gasteiger charge is 2.05. The Morgan fingerprint density at radius 2 is 1.81 bits per heavy atom. The lowest BCUT2D eigenvalue weighted by atomic mass is 10.1. The van der Waals surface area contributed by atoms with Crippen LogP contribution in [0.15, 0.2) is 66.2 Å². The topological polar surface area (TPSA) is 24.9 Å². The molecule has 0 radical (unpaired) electrons. The van der Waals surface area contributed by atoms with Gasteiger partial charge in [0.25, 0.3) is 0 Å². The van der Waals surface area contributed by atoms with E-state index in [1.54, 1.807) is 11.3 Å². The van der Waals surface area contributed by atoms with Crippen LogP contribution in [0.25, 0.3) is 21.0 Å². The van der Waals surface area contributed by atoms with Crippen molar-refractivity contribution in [3.63, 3.8) is 0 Å². The van der Waals surface area contributed by atoms with E-state index in [1.807, 2.05) is 24.4 Å². The molecule has 0 aliphatic rings. The highest BCUT2D eigenvalue weighted by Crippen LogP contribution is 2.27. The molecule has 102 valence electrons. The molecule has 0 atom stereocenters. The maximum atomic E-state index is 4.40. The third-order valence-corrected chi connectivity index (χ3v) is 4.69. The van der Waals surface area contributed by atoms with E-state index in [0.29, 0.717) is 0 Å². The molecule has 0 bridgehead atoms. The second-order valence-electron chi connectivity index (χ2n) is 4.99. The summed E-state index contributed by atoms with van der Waals surface area (Å²) >= 11 is 1.80. The molecular formula is C18H14N2S. The third-order valence-electron chi connectivity index (χ3n) is 3.68. The lowest BCUT2D eigenvalue weighted by Gasteiger charge is -2.09. The highest BCUT2D eigenvalue weighted by molar-refractivity contribution is 7.17. The number of pyridine rings is 1. The van der Waals surface area contributed by atoms with E-state index in [-0.39, 0.29) is 0 Å². The number of fused-ring (bicyclic) bond motifs is 2. The van der Waals surface area contributed by atoms with Crippen LogP contribution in [-0.2, 0) is 6.54 Å². The number of anilines is 1. The van der Waals surface area contributed by atoms with Gasteiger partial charge in [-0.05, 0) is 46.7 Å². The van der Waals surface area contributed by atoms with E-state index in [2.05, 4.69) is 52.1 Å². The summed E-state index contributed by atoms with van der Waals surface area (Å²) in [5.41, 5.74) is 3.50. The minimum Gasteiger partial charge on any atom is -0.380 e. The van der Waals surface area contributed by atoms with Gasteiger partial charge in [-0.1, -0.05) is 24.3 Å². The molecule has 0 saturated carbocycles. The lowest BCUT2D eigenvalue weighted by molar-refractivity contribution is 1.18. The summed E-state index contributed by atoms with van der Waals surface area (Å²) in [5, 5.41) is 8.29. The average molecular weight is 290 g/mol. The summed E-state index contributed by atoms with van der Waals surface area (Å²) in [4.78, 5) is 4.40. The molecule has 3 heteroatoms. The number of benzene rings is 2. The van der Waals surface area contributed by atoms with Crippen LogP contribution in [0.3, 0.4) is 0 Å². The largest absolute Gasteiger partial charge is 0.380 e. The number of nitrogens with zero attached hydrogens (tertiary/aromatic N) is 1. The standard InChI is InChI=1S/C18H14N2S/c1-2-9-18-14(5-1)13(12-21-18)11-20-17-8-3-7-16-15(17)6-4-10-19-16/h1-10,12,20H,11H2. The number of hydrogen-bond donors (Lipinski definition) is 1. The van der Waals surface area contributed by atoms with Crippen LogP contribution in [0.2, 0.25) is 0 Å². The number of hydrogen-bond acceptors (Lipinski definition) is 3. The van der Waals surface area contributed by atoms with Crippen LogP contribution in [0.1, 0.15) is 5.56 Å². The van der Waals surface area contributed by atoms with Crippen LogP contribution >= 0.6 is 11.3 Å². The molecule has 21 heavy (non-hydrogen) atoms. The van der Waals surface area contributed by atoms with Crippen LogP contribution in [0.5, 0.6) is 0 Å². The van der Waals surface area contributed by atoms with Crippen molar-refractivity contribution in [2.75, 3.05) is 5.32 Å². The molecule has 4 aromatic rings. The van der Waals surface area contributed by atoms with E-state index in [1.165, 1.54) is 21.0 Å². The van der Waals surface area contributed by atoms with Crippen molar-refractivity contribution in [3.8, 4) is 0 Å². The van der Waals surface area contributed by atoms with Gasteiger partial charge < -0.3 is 5.32 Å². The summed E-state index contributed by atoms with van der Waals surface area (Å²) in [6.45, 7) is 0.831. The molecule has 0 saturated heterocycles. The summed E-state index contributed by atoms with van der Waals surface area (Å²) in [7, 11) is 0. The fourth-order valence-electron chi connectivity index (χ4n) is 2.62. The van der Waals surface area contributed by atoms with Crippen LogP contribution in [0.4, 0.5) is 5.69 Å². The van der Waals surface area contributed by atoms with E-state index in [0.717, 1.165) is 17.7 Å². The number of nitrogens with one attached hydrogen (secondary N) is 1. The maximum Gasteiger partial charge on any atom is 0.0722 e. The van der Waals surface area contributed by atoms with Gasteiger partial charge in [-0.25, -0.2) is 0 Å². The molecule has 2 aromatic heterocycles. The van der Waals surface area contributed by atoms with E-state index in [4.69, 9.17) is 0 Å². The van der Waals surface area contributed by atoms with Gasteiger partial charge in [0, 0.05) is 28.5 Å². The zero-order valence-corrected chi connectivity index (χ0v) is 12.2. The average Bonchev–Trinajstić information content (AvgIpc) is 2.96. The normalized spacial score (nSPS) is 11.0. The van der Waals surface area contributed by atoms with E-state index >= 15 is 0 Å². The van der Waals surface area contributed by atoms with Crippen LogP contribution in [-0.4, -0.2) is 4.98 Å². The van der Waals surface area contributed by atoms with Crippen LogP contribution < -0.4 is 5.32 Å². The first-order chi connectivity index (χ1) is 10.4. The SMILES string of the molecule is c1cc(NCc2csc3ccccc23)c2cccnc2c1. The molecule has 0 aliphatic carbocycles. The summed E-state index contributed by atoms with van der Waals surface area (Å²) in [5.74, 6) is 0. The quantitative estimate of drug-likeness (QED) is 0.570.